The van der Waals surface area contributed by atoms with E-state index in [1.807, 2.05) is 36.1 Å². The summed E-state index contributed by atoms with van der Waals surface area (Å²) < 4.78 is 5.59. The van der Waals surface area contributed by atoms with Crippen molar-refractivity contribution in [3.63, 3.8) is 0 Å². The lowest BCUT2D eigenvalue weighted by Gasteiger charge is -2.38. The van der Waals surface area contributed by atoms with E-state index in [9.17, 15) is 14.4 Å². The van der Waals surface area contributed by atoms with Crippen LogP contribution in [0.25, 0.3) is 0 Å². The molecule has 3 aromatic rings. The van der Waals surface area contributed by atoms with Gasteiger partial charge in [-0.25, -0.2) is 4.98 Å². The monoisotopic (exact) mass is 515 g/mol. The Kier molecular flexibility index (Phi) is 6.10. The third-order valence-corrected chi connectivity index (χ3v) is 7.39. The maximum Gasteiger partial charge on any atom is 0.263 e. The number of hydrogen-bond donors (Lipinski definition) is 4. The van der Waals surface area contributed by atoms with Gasteiger partial charge in [0.05, 0.1) is 17.6 Å². The minimum Gasteiger partial charge on any atom is -0.474 e. The van der Waals surface area contributed by atoms with Crippen LogP contribution in [-0.4, -0.2) is 65.5 Å². The number of pyridine rings is 2. The van der Waals surface area contributed by atoms with Crippen molar-refractivity contribution in [1.29, 1.82) is 0 Å². The number of aromatic nitrogens is 2. The van der Waals surface area contributed by atoms with Crippen LogP contribution in [-0.2, 0) is 4.79 Å². The molecule has 2 fully saturated rings. The first-order valence-electron chi connectivity index (χ1n) is 12.8. The molecule has 6 rings (SSSR count). The minimum absolute atomic E-state index is 0.0278. The third-order valence-electron chi connectivity index (χ3n) is 7.39. The van der Waals surface area contributed by atoms with E-state index < -0.39 is 11.5 Å². The van der Waals surface area contributed by atoms with Crippen molar-refractivity contribution in [2.75, 3.05) is 53.6 Å². The highest BCUT2D eigenvalue weighted by Gasteiger charge is 2.35. The fourth-order valence-corrected chi connectivity index (χ4v) is 5.35. The van der Waals surface area contributed by atoms with Crippen LogP contribution in [0.4, 0.5) is 28.4 Å². The Morgan fingerprint density at radius 3 is 2.82 bits per heavy atom. The largest absolute Gasteiger partial charge is 0.474 e. The van der Waals surface area contributed by atoms with E-state index in [1.165, 1.54) is 6.20 Å². The van der Waals surface area contributed by atoms with Gasteiger partial charge in [0.2, 0.25) is 11.8 Å². The molecular formula is C27H29N7O4. The zero-order valence-electron chi connectivity index (χ0n) is 21.0. The number of carbonyl (C=O) groups excluding carboxylic acids is 2. The molecule has 11 nitrogen and oxygen atoms in total. The average molecular weight is 516 g/mol. The van der Waals surface area contributed by atoms with Gasteiger partial charge in [-0.15, -0.1) is 0 Å². The molecular weight excluding hydrogens is 486 g/mol. The average Bonchev–Trinajstić information content (AvgIpc) is 3.30. The van der Waals surface area contributed by atoms with Crippen molar-refractivity contribution in [1.82, 2.24) is 14.9 Å². The van der Waals surface area contributed by atoms with Crippen LogP contribution in [0.3, 0.4) is 0 Å². The van der Waals surface area contributed by atoms with Gasteiger partial charge in [-0.2, -0.15) is 0 Å². The number of piperazine rings is 1. The molecule has 0 radical (unpaired) electrons. The van der Waals surface area contributed by atoms with E-state index in [1.54, 1.807) is 12.3 Å². The fraction of sp³-hybridized carbons (Fsp3) is 0.333. The lowest BCUT2D eigenvalue weighted by molar-refractivity contribution is -0.129. The summed E-state index contributed by atoms with van der Waals surface area (Å²) in [5.41, 5.74) is 3.78. The first-order chi connectivity index (χ1) is 18.5. The Bertz CT molecular complexity index is 1450. The highest BCUT2D eigenvalue weighted by atomic mass is 16.5. The Hall–Kier alpha value is -4.54. The maximum atomic E-state index is 13.2. The number of hydrogen-bond acceptors (Lipinski definition) is 8. The summed E-state index contributed by atoms with van der Waals surface area (Å²) in [6, 6.07) is 9.47. The number of H-pyrrole nitrogens is 1. The summed E-state index contributed by atoms with van der Waals surface area (Å²) in [7, 11) is 0. The number of nitrogens with one attached hydrogen (secondary N) is 4. The van der Waals surface area contributed by atoms with Crippen molar-refractivity contribution < 1.29 is 14.3 Å². The van der Waals surface area contributed by atoms with Crippen LogP contribution >= 0.6 is 0 Å². The van der Waals surface area contributed by atoms with E-state index in [4.69, 9.17) is 4.74 Å². The van der Waals surface area contributed by atoms with Gasteiger partial charge in [0.15, 0.2) is 0 Å². The van der Waals surface area contributed by atoms with Crippen molar-refractivity contribution in [3.05, 3.63) is 64.2 Å². The first kappa shape index (κ1) is 23.8. The number of fused-ring (bicyclic) bond motifs is 2. The predicted octanol–water partition coefficient (Wildman–Crippen LogP) is 2.69. The van der Waals surface area contributed by atoms with Crippen LogP contribution in [0.5, 0.6) is 5.88 Å². The predicted molar refractivity (Wildman–Crippen MR) is 145 cm³/mol. The minimum atomic E-state index is -0.523. The SMILES string of the molecule is Cc1c(Nc2cc[nH]c(=O)c2C(=O)Nc2ccc(N3CCN4C(=O)CCC4C3)cc2)cnc2c1NCCO2. The Morgan fingerprint density at radius 1 is 1.13 bits per heavy atom. The molecule has 38 heavy (non-hydrogen) atoms. The normalized spacial score (nSPS) is 18.2. The van der Waals surface area contributed by atoms with E-state index in [0.717, 1.165) is 43.0 Å². The molecule has 0 spiro atoms. The highest BCUT2D eigenvalue weighted by Crippen LogP contribution is 2.34. The smallest absolute Gasteiger partial charge is 0.263 e. The summed E-state index contributed by atoms with van der Waals surface area (Å²) in [5.74, 6) is 0.261. The van der Waals surface area contributed by atoms with Gasteiger partial charge in [0.25, 0.3) is 11.5 Å². The highest BCUT2D eigenvalue weighted by molar-refractivity contribution is 6.08. The molecule has 196 valence electrons. The number of carbonyl (C=O) groups is 2. The second-order valence-corrected chi connectivity index (χ2v) is 9.70. The summed E-state index contributed by atoms with van der Waals surface area (Å²) in [6.45, 7) is 5.46. The second kappa shape index (κ2) is 9.73. The standard InChI is InChI=1S/C27H29N7O4/c1-16-21(14-30-27-24(16)28-10-13-38-27)32-20-8-9-29-25(36)23(20)26(37)31-17-2-4-18(5-3-17)33-11-12-34-19(15-33)6-7-22(34)35/h2-5,8-9,14,19,28H,6-7,10-13,15H2,1H3,(H,31,37)(H2,29,32,36). The Labute approximate surface area is 219 Å². The number of rotatable bonds is 5. The molecule has 3 aliphatic rings. The molecule has 0 saturated carbocycles. The van der Waals surface area contributed by atoms with Crippen molar-refractivity contribution in [2.24, 2.45) is 0 Å². The van der Waals surface area contributed by atoms with E-state index in [0.29, 0.717) is 42.5 Å². The van der Waals surface area contributed by atoms with Gasteiger partial charge < -0.3 is 35.5 Å². The number of benzene rings is 1. The maximum absolute atomic E-state index is 13.2. The molecule has 11 heteroatoms. The number of anilines is 5. The first-order valence-corrected chi connectivity index (χ1v) is 12.8. The number of aromatic amines is 1. The molecule has 2 amide bonds. The quantitative estimate of drug-likeness (QED) is 0.408. The van der Waals surface area contributed by atoms with Crippen LogP contribution in [0.1, 0.15) is 28.8 Å². The fourth-order valence-electron chi connectivity index (χ4n) is 5.35. The molecule has 5 heterocycles. The molecule has 2 saturated heterocycles. The summed E-state index contributed by atoms with van der Waals surface area (Å²) >= 11 is 0. The Morgan fingerprint density at radius 2 is 1.97 bits per heavy atom. The van der Waals surface area contributed by atoms with Crippen molar-refractivity contribution in [3.8, 4) is 5.88 Å². The van der Waals surface area contributed by atoms with Crippen LogP contribution in [0.2, 0.25) is 0 Å². The summed E-state index contributed by atoms with van der Waals surface area (Å²) in [6.07, 6.45) is 4.66. The molecule has 2 aromatic heterocycles. The van der Waals surface area contributed by atoms with Gasteiger partial charge in [-0.05, 0) is 43.7 Å². The van der Waals surface area contributed by atoms with Gasteiger partial charge in [0, 0.05) is 61.8 Å². The molecule has 1 atom stereocenters. The van der Waals surface area contributed by atoms with Gasteiger partial charge in [0.1, 0.15) is 17.9 Å². The lowest BCUT2D eigenvalue weighted by Crippen LogP contribution is -2.51. The van der Waals surface area contributed by atoms with Crippen molar-refractivity contribution in [2.45, 2.75) is 25.8 Å². The topological polar surface area (TPSA) is 132 Å². The van der Waals surface area contributed by atoms with Gasteiger partial charge in [-0.1, -0.05) is 0 Å². The Balaban J connectivity index is 1.18. The van der Waals surface area contributed by atoms with Crippen LogP contribution < -0.4 is 31.1 Å². The molecule has 1 aromatic carbocycles. The zero-order chi connectivity index (χ0) is 26.2. The van der Waals surface area contributed by atoms with E-state index in [2.05, 4.69) is 30.8 Å². The van der Waals surface area contributed by atoms with E-state index in [-0.39, 0.29) is 17.5 Å². The second-order valence-electron chi connectivity index (χ2n) is 9.70. The molecule has 1 unspecified atom stereocenters. The number of ether oxygens (including phenoxy) is 1. The number of nitrogens with zero attached hydrogens (tertiary/aromatic N) is 3. The molecule has 3 aliphatic heterocycles. The van der Waals surface area contributed by atoms with Gasteiger partial charge in [-0.3, -0.25) is 14.4 Å². The lowest BCUT2D eigenvalue weighted by atomic mass is 10.1. The summed E-state index contributed by atoms with van der Waals surface area (Å²) in [5, 5.41) is 9.33. The summed E-state index contributed by atoms with van der Waals surface area (Å²) in [4.78, 5) is 49.1. The van der Waals surface area contributed by atoms with Crippen LogP contribution in [0.15, 0.2) is 47.5 Å². The number of amides is 2. The van der Waals surface area contributed by atoms with Crippen LogP contribution in [0, 0.1) is 6.92 Å². The van der Waals surface area contributed by atoms with Gasteiger partial charge >= 0.3 is 0 Å². The van der Waals surface area contributed by atoms with Crippen molar-refractivity contribution >= 4 is 40.3 Å². The molecule has 0 aliphatic carbocycles. The molecule has 4 N–H and O–H groups in total. The zero-order valence-corrected chi connectivity index (χ0v) is 21.0. The molecule has 0 bridgehead atoms. The van der Waals surface area contributed by atoms with E-state index >= 15 is 0 Å². The third kappa shape index (κ3) is 4.40.